The zero-order chi connectivity index (χ0) is 30.5. The summed E-state index contributed by atoms with van der Waals surface area (Å²) in [5.74, 6) is -2.13. The minimum absolute atomic E-state index is 0.126. The molecule has 4 N–H and O–H groups in total. The number of nitrogens with two attached hydrogens (primary N) is 1. The second-order valence-electron chi connectivity index (χ2n) is 10.4. The normalized spacial score (nSPS) is 17.2. The van der Waals surface area contributed by atoms with Gasteiger partial charge in [0.2, 0.25) is 11.8 Å². The van der Waals surface area contributed by atoms with Gasteiger partial charge in [-0.2, -0.15) is 5.10 Å². The Labute approximate surface area is 259 Å². The van der Waals surface area contributed by atoms with Gasteiger partial charge in [-0.15, -0.1) is 0 Å². The van der Waals surface area contributed by atoms with Crippen LogP contribution in [0.1, 0.15) is 35.3 Å². The predicted molar refractivity (Wildman–Crippen MR) is 166 cm³/mol. The first-order valence-corrected chi connectivity index (χ1v) is 14.5. The molecular formula is C32H30Cl2N6O3. The highest BCUT2D eigenvalue weighted by Crippen LogP contribution is 2.31. The number of primary amides is 1. The van der Waals surface area contributed by atoms with Gasteiger partial charge in [0.1, 0.15) is 6.04 Å². The van der Waals surface area contributed by atoms with E-state index in [4.69, 9.17) is 28.9 Å². The summed E-state index contributed by atoms with van der Waals surface area (Å²) >= 11 is 12.4. The van der Waals surface area contributed by atoms with Gasteiger partial charge in [0.15, 0.2) is 5.69 Å². The Bertz CT molecular complexity index is 1660. The summed E-state index contributed by atoms with van der Waals surface area (Å²) in [5, 5.41) is 11.1. The van der Waals surface area contributed by atoms with E-state index >= 15 is 0 Å². The summed E-state index contributed by atoms with van der Waals surface area (Å²) in [5.41, 5.74) is 9.29. The Hall–Kier alpha value is -4.47. The molecule has 2 aromatic heterocycles. The standard InChI is InChI=1S/C32H30Cl2N6O3/c1-19-7-5-11-23(31(42)37-26(30(35)41)15-20-8-3-2-4-9-20)29(19)38-32(43)27-17-28(21-10-6-14-36-18-21)40(39-27)22-12-13-24(33)25(34)16-22/h2-4,6,8-10,12-14,16-18,23,26,29H,1,5,7,11,15H2,(H2,35,41)(H,37,42)(H,38,43)/t23-,26+,29?/m1/s1. The predicted octanol–water partition coefficient (Wildman–Crippen LogP) is 4.91. The number of amides is 3. The third kappa shape index (κ3) is 6.96. The molecule has 4 aromatic rings. The number of rotatable bonds is 9. The van der Waals surface area contributed by atoms with E-state index in [1.54, 1.807) is 47.4 Å². The quantitative estimate of drug-likeness (QED) is 0.230. The fourth-order valence-electron chi connectivity index (χ4n) is 5.23. The molecule has 0 saturated heterocycles. The number of pyridine rings is 1. The molecule has 9 nitrogen and oxygen atoms in total. The van der Waals surface area contributed by atoms with Crippen LogP contribution in [-0.4, -0.2) is 44.6 Å². The SMILES string of the molecule is C=C1CCC[C@@H](C(=O)N[C@@H](Cc2ccccc2)C(N)=O)C1NC(=O)c1cc(-c2cccnc2)n(-c2ccc(Cl)c(Cl)c2)n1. The van der Waals surface area contributed by atoms with E-state index in [1.807, 2.05) is 36.4 Å². The van der Waals surface area contributed by atoms with E-state index in [2.05, 4.69) is 27.3 Å². The number of nitrogens with one attached hydrogen (secondary N) is 2. The van der Waals surface area contributed by atoms with Gasteiger partial charge in [0, 0.05) is 24.4 Å². The molecule has 1 unspecified atom stereocenters. The van der Waals surface area contributed by atoms with Crippen molar-refractivity contribution in [3.05, 3.63) is 113 Å². The highest BCUT2D eigenvalue weighted by molar-refractivity contribution is 6.42. The Morgan fingerprint density at radius 2 is 1.84 bits per heavy atom. The van der Waals surface area contributed by atoms with Gasteiger partial charge in [-0.3, -0.25) is 19.4 Å². The third-order valence-corrected chi connectivity index (χ3v) is 8.21. The lowest BCUT2D eigenvalue weighted by atomic mass is 9.80. The van der Waals surface area contributed by atoms with E-state index in [0.717, 1.165) is 23.1 Å². The number of carbonyl (C=O) groups excluding carboxylic acids is 3. The van der Waals surface area contributed by atoms with Crippen molar-refractivity contribution in [2.24, 2.45) is 11.7 Å². The van der Waals surface area contributed by atoms with Crippen LogP contribution < -0.4 is 16.4 Å². The van der Waals surface area contributed by atoms with Crippen LogP contribution in [0.2, 0.25) is 10.0 Å². The molecule has 11 heteroatoms. The number of benzene rings is 2. The molecule has 1 aliphatic rings. The van der Waals surface area contributed by atoms with E-state index in [1.165, 1.54) is 0 Å². The van der Waals surface area contributed by atoms with E-state index in [-0.39, 0.29) is 18.0 Å². The molecule has 1 fully saturated rings. The molecule has 2 aromatic carbocycles. The first-order chi connectivity index (χ1) is 20.7. The summed E-state index contributed by atoms with van der Waals surface area (Å²) < 4.78 is 1.59. The molecular weight excluding hydrogens is 587 g/mol. The van der Waals surface area contributed by atoms with Gasteiger partial charge in [-0.05, 0) is 61.2 Å². The topological polar surface area (TPSA) is 132 Å². The van der Waals surface area contributed by atoms with Gasteiger partial charge in [0.05, 0.1) is 33.4 Å². The first-order valence-electron chi connectivity index (χ1n) is 13.8. The fraction of sp³-hybridized carbons (Fsp3) is 0.219. The maximum absolute atomic E-state index is 13.7. The van der Waals surface area contributed by atoms with Gasteiger partial charge in [-0.1, -0.05) is 65.7 Å². The Balaban J connectivity index is 1.39. The van der Waals surface area contributed by atoms with Crippen LogP contribution in [0.5, 0.6) is 0 Å². The van der Waals surface area contributed by atoms with Gasteiger partial charge in [0.25, 0.3) is 5.91 Å². The largest absolute Gasteiger partial charge is 0.368 e. The van der Waals surface area contributed by atoms with Crippen molar-refractivity contribution in [1.82, 2.24) is 25.4 Å². The minimum Gasteiger partial charge on any atom is -0.368 e. The molecule has 0 aliphatic heterocycles. The van der Waals surface area contributed by atoms with Crippen LogP contribution >= 0.6 is 23.2 Å². The summed E-state index contributed by atoms with van der Waals surface area (Å²) in [6, 6.07) is 18.1. The number of halogens is 2. The van der Waals surface area contributed by atoms with Crippen LogP contribution in [0, 0.1) is 5.92 Å². The number of hydrogen-bond acceptors (Lipinski definition) is 5. The third-order valence-electron chi connectivity index (χ3n) is 7.47. The van der Waals surface area contributed by atoms with Crippen molar-refractivity contribution in [1.29, 1.82) is 0 Å². The van der Waals surface area contributed by atoms with E-state index < -0.39 is 29.8 Å². The summed E-state index contributed by atoms with van der Waals surface area (Å²) in [6.45, 7) is 4.15. The maximum Gasteiger partial charge on any atom is 0.272 e. The molecule has 43 heavy (non-hydrogen) atoms. The Morgan fingerprint density at radius 3 is 2.53 bits per heavy atom. The molecule has 220 valence electrons. The van der Waals surface area contributed by atoms with Crippen LogP contribution in [-0.2, 0) is 16.0 Å². The molecule has 0 radical (unpaired) electrons. The lowest BCUT2D eigenvalue weighted by molar-refractivity contribution is -0.130. The lowest BCUT2D eigenvalue weighted by Gasteiger charge is -2.33. The monoisotopic (exact) mass is 616 g/mol. The smallest absolute Gasteiger partial charge is 0.272 e. The van der Waals surface area contributed by atoms with E-state index in [0.29, 0.717) is 34.3 Å². The second kappa shape index (κ2) is 13.2. The number of carbonyl (C=O) groups is 3. The average molecular weight is 618 g/mol. The molecule has 0 spiro atoms. The first kappa shape index (κ1) is 30.0. The highest BCUT2D eigenvalue weighted by atomic mass is 35.5. The van der Waals surface area contributed by atoms with Crippen molar-refractivity contribution < 1.29 is 14.4 Å². The van der Waals surface area contributed by atoms with Gasteiger partial charge >= 0.3 is 0 Å². The Morgan fingerprint density at radius 1 is 1.05 bits per heavy atom. The Kier molecular flexibility index (Phi) is 9.23. The van der Waals surface area contributed by atoms with Crippen LogP contribution in [0.25, 0.3) is 16.9 Å². The molecule has 0 bridgehead atoms. The van der Waals surface area contributed by atoms with Gasteiger partial charge in [-0.25, -0.2) is 4.68 Å². The summed E-state index contributed by atoms with van der Waals surface area (Å²) in [6.07, 6.45) is 5.46. The van der Waals surface area contributed by atoms with Crippen LogP contribution in [0.3, 0.4) is 0 Å². The van der Waals surface area contributed by atoms with Crippen molar-refractivity contribution >= 4 is 40.9 Å². The highest BCUT2D eigenvalue weighted by Gasteiger charge is 2.36. The lowest BCUT2D eigenvalue weighted by Crippen LogP contribution is -2.54. The summed E-state index contributed by atoms with van der Waals surface area (Å²) in [7, 11) is 0. The molecule has 3 atom stereocenters. The average Bonchev–Trinajstić information content (AvgIpc) is 3.46. The zero-order valence-corrected chi connectivity index (χ0v) is 24.7. The second-order valence-corrected chi connectivity index (χ2v) is 11.2. The minimum atomic E-state index is -0.898. The van der Waals surface area contributed by atoms with E-state index in [9.17, 15) is 14.4 Å². The fourth-order valence-corrected chi connectivity index (χ4v) is 5.53. The number of aromatic nitrogens is 3. The van der Waals surface area contributed by atoms with Crippen molar-refractivity contribution in [3.8, 4) is 16.9 Å². The van der Waals surface area contributed by atoms with Crippen LogP contribution in [0.4, 0.5) is 0 Å². The van der Waals surface area contributed by atoms with Crippen LogP contribution in [0.15, 0.2) is 91.3 Å². The van der Waals surface area contributed by atoms with Gasteiger partial charge < -0.3 is 16.4 Å². The van der Waals surface area contributed by atoms with Crippen molar-refractivity contribution in [2.45, 2.75) is 37.8 Å². The number of nitrogens with zero attached hydrogens (tertiary/aromatic N) is 3. The molecule has 1 aliphatic carbocycles. The molecule has 3 amide bonds. The van der Waals surface area contributed by atoms with Crippen molar-refractivity contribution in [2.75, 3.05) is 0 Å². The van der Waals surface area contributed by atoms with Crippen molar-refractivity contribution in [3.63, 3.8) is 0 Å². The summed E-state index contributed by atoms with van der Waals surface area (Å²) in [4.78, 5) is 43.6. The number of hydrogen-bond donors (Lipinski definition) is 3. The molecule has 2 heterocycles. The molecule has 5 rings (SSSR count). The maximum atomic E-state index is 13.7. The molecule has 1 saturated carbocycles. The zero-order valence-electron chi connectivity index (χ0n) is 23.2.